The highest BCUT2D eigenvalue weighted by Gasteiger charge is 2.48. The monoisotopic (exact) mass is 449 g/mol. The maximum absolute atomic E-state index is 12.6. The molecule has 3 aliphatic rings. The van der Waals surface area contributed by atoms with Crippen molar-refractivity contribution in [2.45, 2.75) is 26.1 Å². The third kappa shape index (κ3) is 5.09. The molecule has 12 heteroatoms. The van der Waals surface area contributed by atoms with Gasteiger partial charge in [0.25, 0.3) is 0 Å². The van der Waals surface area contributed by atoms with Gasteiger partial charge in [-0.1, -0.05) is 0 Å². The van der Waals surface area contributed by atoms with Crippen LogP contribution in [0.25, 0.3) is 0 Å². The Morgan fingerprint density at radius 1 is 1.33 bits per heavy atom. The predicted octanol–water partition coefficient (Wildman–Crippen LogP) is 1.54. The summed E-state index contributed by atoms with van der Waals surface area (Å²) in [6, 6.07) is 0. The number of alkyl halides is 3. The van der Waals surface area contributed by atoms with Crippen LogP contribution in [0.1, 0.15) is 17.1 Å². The molecule has 1 unspecified atom stereocenters. The van der Waals surface area contributed by atoms with Crippen molar-refractivity contribution < 1.29 is 37.4 Å². The number of thiazole rings is 1. The molecule has 1 N–H and O–H groups in total. The fraction of sp³-hybridized carbons (Fsp3) is 0.667. The highest BCUT2D eigenvalue weighted by molar-refractivity contribution is 7.09. The van der Waals surface area contributed by atoms with Gasteiger partial charge in [-0.3, -0.25) is 9.59 Å². The number of hydrogen-bond acceptors (Lipinski definition) is 6. The first-order valence-electron chi connectivity index (χ1n) is 9.42. The van der Waals surface area contributed by atoms with E-state index in [0.717, 1.165) is 23.7 Å². The third-order valence-corrected chi connectivity index (χ3v) is 6.20. The highest BCUT2D eigenvalue weighted by Crippen LogP contribution is 2.34. The predicted molar refractivity (Wildman–Crippen MR) is 98.4 cm³/mol. The smallest absolute Gasteiger partial charge is 0.475 e. The van der Waals surface area contributed by atoms with E-state index in [-0.39, 0.29) is 29.6 Å². The number of carboxylic acids is 1. The van der Waals surface area contributed by atoms with E-state index in [1.54, 1.807) is 11.3 Å². The molecule has 3 fully saturated rings. The van der Waals surface area contributed by atoms with Crippen molar-refractivity contribution in [2.24, 2.45) is 17.8 Å². The quantitative estimate of drug-likeness (QED) is 0.752. The van der Waals surface area contributed by atoms with Crippen molar-refractivity contribution in [3.63, 3.8) is 0 Å². The lowest BCUT2D eigenvalue weighted by molar-refractivity contribution is -0.192. The van der Waals surface area contributed by atoms with Crippen LogP contribution in [0.5, 0.6) is 0 Å². The van der Waals surface area contributed by atoms with E-state index in [0.29, 0.717) is 32.8 Å². The molecule has 3 atom stereocenters. The van der Waals surface area contributed by atoms with Gasteiger partial charge in [-0.2, -0.15) is 13.2 Å². The first-order valence-corrected chi connectivity index (χ1v) is 10.3. The second-order valence-electron chi connectivity index (χ2n) is 7.55. The lowest BCUT2D eigenvalue weighted by atomic mass is 10.0. The minimum Gasteiger partial charge on any atom is -0.475 e. The number of aryl methyl sites for hydroxylation is 1. The molecule has 0 spiro atoms. The number of carbonyl (C=O) groups excluding carboxylic acids is 2. The molecular formula is C18H22F3N3O5S. The first kappa shape index (κ1) is 22.5. The van der Waals surface area contributed by atoms with Crippen molar-refractivity contribution in [2.75, 3.05) is 32.8 Å². The number of fused-ring (bicyclic) bond motifs is 1. The molecule has 166 valence electrons. The number of halogens is 3. The van der Waals surface area contributed by atoms with Gasteiger partial charge in [-0.25, -0.2) is 9.78 Å². The second kappa shape index (κ2) is 8.88. The van der Waals surface area contributed by atoms with Crippen LogP contribution in [-0.4, -0.2) is 76.7 Å². The second-order valence-corrected chi connectivity index (χ2v) is 8.61. The van der Waals surface area contributed by atoms with Crippen LogP contribution < -0.4 is 0 Å². The molecule has 30 heavy (non-hydrogen) atoms. The molecule has 4 heterocycles. The van der Waals surface area contributed by atoms with Gasteiger partial charge in [0.05, 0.1) is 35.7 Å². The summed E-state index contributed by atoms with van der Waals surface area (Å²) < 4.78 is 37.0. The number of aromatic nitrogens is 1. The van der Waals surface area contributed by atoms with Gasteiger partial charge in [0.2, 0.25) is 11.8 Å². The largest absolute Gasteiger partial charge is 0.490 e. The van der Waals surface area contributed by atoms with Gasteiger partial charge in [0, 0.05) is 37.5 Å². The summed E-state index contributed by atoms with van der Waals surface area (Å²) in [6.45, 7) is 5.81. The van der Waals surface area contributed by atoms with Crippen LogP contribution in [0.2, 0.25) is 0 Å². The third-order valence-electron chi connectivity index (χ3n) is 5.38. The fourth-order valence-electron chi connectivity index (χ4n) is 3.93. The number of carbonyl (C=O) groups is 3. The van der Waals surface area contributed by atoms with E-state index in [1.165, 1.54) is 0 Å². The first-order chi connectivity index (χ1) is 14.1. The zero-order valence-corrected chi connectivity index (χ0v) is 17.0. The van der Waals surface area contributed by atoms with Gasteiger partial charge in [0.1, 0.15) is 0 Å². The van der Waals surface area contributed by atoms with E-state index in [9.17, 15) is 22.8 Å². The number of ether oxygens (including phenoxy) is 1. The van der Waals surface area contributed by atoms with Gasteiger partial charge in [0.15, 0.2) is 0 Å². The average Bonchev–Trinajstić information content (AvgIpc) is 3.43. The molecule has 8 nitrogen and oxygen atoms in total. The lowest BCUT2D eigenvalue weighted by Gasteiger charge is -2.23. The molecule has 0 saturated carbocycles. The summed E-state index contributed by atoms with van der Waals surface area (Å²) in [6.07, 6.45) is -4.27. The molecule has 0 bridgehead atoms. The number of likely N-dealkylation sites (tertiary alicyclic amines) is 2. The molecule has 1 aromatic heterocycles. The Morgan fingerprint density at radius 3 is 2.53 bits per heavy atom. The average molecular weight is 449 g/mol. The van der Waals surface area contributed by atoms with Crippen LogP contribution in [-0.2, 0) is 25.7 Å². The van der Waals surface area contributed by atoms with Gasteiger partial charge < -0.3 is 19.6 Å². The molecule has 0 radical (unpaired) electrons. The van der Waals surface area contributed by atoms with Crippen LogP contribution in [0.4, 0.5) is 13.2 Å². The van der Waals surface area contributed by atoms with Crippen molar-refractivity contribution in [1.29, 1.82) is 0 Å². The van der Waals surface area contributed by atoms with E-state index < -0.39 is 12.1 Å². The molecular weight excluding hydrogens is 427 g/mol. The molecule has 0 aliphatic carbocycles. The summed E-state index contributed by atoms with van der Waals surface area (Å²) in [5.41, 5.74) is 0.969. The SMILES string of the molecule is Cc1nc(CN2C[C@@H]3CN(C(=O)C4CCOC4)C[C@@H]3C2=O)cs1.O=C(O)C(F)(F)F. The number of rotatable bonds is 3. The van der Waals surface area contributed by atoms with E-state index in [4.69, 9.17) is 14.6 Å². The van der Waals surface area contributed by atoms with Crippen LogP contribution in [0, 0.1) is 24.7 Å². The minimum absolute atomic E-state index is 0.00184. The van der Waals surface area contributed by atoms with Gasteiger partial charge in [-0.15, -0.1) is 11.3 Å². The molecule has 4 rings (SSSR count). The molecule has 3 saturated heterocycles. The van der Waals surface area contributed by atoms with Crippen molar-refractivity contribution in [1.82, 2.24) is 14.8 Å². The number of nitrogens with zero attached hydrogens (tertiary/aromatic N) is 3. The lowest BCUT2D eigenvalue weighted by Crippen LogP contribution is -2.38. The van der Waals surface area contributed by atoms with Gasteiger partial charge in [-0.05, 0) is 13.3 Å². The Bertz CT molecular complexity index is 809. The number of hydrogen-bond donors (Lipinski definition) is 1. The summed E-state index contributed by atoms with van der Waals surface area (Å²) in [5, 5.41) is 10.2. The Hall–Kier alpha value is -2.21. The molecule has 2 amide bonds. The Morgan fingerprint density at radius 2 is 2.03 bits per heavy atom. The van der Waals surface area contributed by atoms with Crippen LogP contribution in [0.15, 0.2) is 5.38 Å². The van der Waals surface area contributed by atoms with E-state index >= 15 is 0 Å². The Labute approximate surface area is 174 Å². The summed E-state index contributed by atoms with van der Waals surface area (Å²) in [7, 11) is 0. The maximum Gasteiger partial charge on any atom is 0.490 e. The summed E-state index contributed by atoms with van der Waals surface area (Å²) in [5.74, 6) is -2.16. The fourth-order valence-corrected chi connectivity index (χ4v) is 4.53. The van der Waals surface area contributed by atoms with Crippen molar-refractivity contribution in [3.8, 4) is 0 Å². The Balaban J connectivity index is 0.000000318. The maximum atomic E-state index is 12.6. The summed E-state index contributed by atoms with van der Waals surface area (Å²) in [4.78, 5) is 42.2. The zero-order chi connectivity index (χ0) is 22.1. The Kier molecular flexibility index (Phi) is 6.65. The zero-order valence-electron chi connectivity index (χ0n) is 16.2. The molecule has 1 aromatic rings. The van der Waals surface area contributed by atoms with Crippen molar-refractivity contribution >= 4 is 29.1 Å². The van der Waals surface area contributed by atoms with Crippen LogP contribution >= 0.6 is 11.3 Å². The molecule has 0 aromatic carbocycles. The van der Waals surface area contributed by atoms with Gasteiger partial charge >= 0.3 is 12.1 Å². The van der Waals surface area contributed by atoms with E-state index in [1.807, 2.05) is 22.1 Å². The summed E-state index contributed by atoms with van der Waals surface area (Å²) >= 11 is 1.61. The van der Waals surface area contributed by atoms with Crippen molar-refractivity contribution in [3.05, 3.63) is 16.1 Å². The van der Waals surface area contributed by atoms with E-state index in [2.05, 4.69) is 4.98 Å². The highest BCUT2D eigenvalue weighted by atomic mass is 32.1. The number of aliphatic carboxylic acids is 1. The topological polar surface area (TPSA) is 100 Å². The normalized spacial score (nSPS) is 25.9. The number of amides is 2. The standard InChI is InChI=1S/C16H21N3O3S.C2HF3O2/c1-10-17-13(9-23-10)6-18-4-12-5-19(7-14(12)16(18)21)15(20)11-2-3-22-8-11;3-2(4,5)1(6)7/h9,11-12,14H,2-8H2,1H3;(H,6,7)/t11?,12-,14+;/m1./s1. The van der Waals surface area contributed by atoms with Crippen LogP contribution in [0.3, 0.4) is 0 Å². The minimum atomic E-state index is -5.08. The molecule has 3 aliphatic heterocycles. The number of carboxylic acid groups (broad SMARTS) is 1.